The van der Waals surface area contributed by atoms with E-state index in [1.807, 2.05) is 12.3 Å². The van der Waals surface area contributed by atoms with Crippen molar-refractivity contribution >= 4 is 32.3 Å². The van der Waals surface area contributed by atoms with Crippen LogP contribution in [0.2, 0.25) is 0 Å². The highest BCUT2D eigenvalue weighted by molar-refractivity contribution is 7.17. The van der Waals surface area contributed by atoms with Gasteiger partial charge < -0.3 is 10.8 Å². The highest BCUT2D eigenvalue weighted by atomic mass is 32.1. The number of rotatable bonds is 3. The normalized spacial score (nSPS) is 12.1. The van der Waals surface area contributed by atoms with Crippen LogP contribution >= 0.6 is 11.3 Å². The van der Waals surface area contributed by atoms with Gasteiger partial charge in [-0.2, -0.15) is 0 Å². The summed E-state index contributed by atoms with van der Waals surface area (Å²) in [5, 5.41) is 14.8. The van der Waals surface area contributed by atoms with Crippen molar-refractivity contribution in [2.75, 3.05) is 6.54 Å². The Balaban J connectivity index is 1.97. The van der Waals surface area contributed by atoms with Gasteiger partial charge in [0.2, 0.25) is 0 Å². The fourth-order valence-corrected chi connectivity index (χ4v) is 3.98. The van der Waals surface area contributed by atoms with E-state index in [0.717, 1.165) is 32.1 Å². The summed E-state index contributed by atoms with van der Waals surface area (Å²) in [4.78, 5) is 4.56. The Hall–Kier alpha value is -2.43. The lowest BCUT2D eigenvalue weighted by Gasteiger charge is -2.23. The first kappa shape index (κ1) is 16.1. The zero-order valence-electron chi connectivity index (χ0n) is 14.3. The third kappa shape index (κ3) is 2.58. The summed E-state index contributed by atoms with van der Waals surface area (Å²) in [5.74, 6) is 0.277. The van der Waals surface area contributed by atoms with Gasteiger partial charge in [0.25, 0.3) is 0 Å². The topological polar surface area (TPSA) is 59.1 Å². The predicted molar refractivity (Wildman–Crippen MR) is 106 cm³/mol. The second-order valence-electron chi connectivity index (χ2n) is 6.98. The maximum Gasteiger partial charge on any atom is 0.124 e. The number of nitrogens with two attached hydrogens (primary N) is 1. The molecule has 4 rings (SSSR count). The maximum absolute atomic E-state index is 10.6. The van der Waals surface area contributed by atoms with Crippen molar-refractivity contribution in [3.05, 3.63) is 59.6 Å². The lowest BCUT2D eigenvalue weighted by Crippen LogP contribution is -2.27. The van der Waals surface area contributed by atoms with Crippen molar-refractivity contribution in [2.24, 2.45) is 5.73 Å². The molecule has 0 radical (unpaired) electrons. The van der Waals surface area contributed by atoms with Crippen LogP contribution in [0.3, 0.4) is 0 Å². The van der Waals surface area contributed by atoms with Gasteiger partial charge in [0.1, 0.15) is 5.75 Å². The van der Waals surface area contributed by atoms with E-state index in [2.05, 4.69) is 54.5 Å². The Morgan fingerprint density at radius 3 is 2.56 bits per heavy atom. The highest BCUT2D eigenvalue weighted by Gasteiger charge is 2.19. The Kier molecular flexibility index (Phi) is 3.74. The van der Waals surface area contributed by atoms with Gasteiger partial charge in [0.05, 0.1) is 10.2 Å². The van der Waals surface area contributed by atoms with Crippen molar-refractivity contribution in [3.8, 4) is 16.9 Å². The van der Waals surface area contributed by atoms with Crippen molar-refractivity contribution in [3.63, 3.8) is 0 Å². The average molecular weight is 348 g/mol. The molecule has 4 aromatic rings. The van der Waals surface area contributed by atoms with Gasteiger partial charge in [-0.05, 0) is 34.7 Å². The fraction of sp³-hybridized carbons (Fsp3) is 0.190. The molecule has 0 aliphatic rings. The van der Waals surface area contributed by atoms with Crippen LogP contribution in [0, 0.1) is 0 Å². The van der Waals surface area contributed by atoms with Crippen LogP contribution in [0.5, 0.6) is 5.75 Å². The third-order valence-corrected chi connectivity index (χ3v) is 5.76. The Morgan fingerprint density at radius 2 is 1.84 bits per heavy atom. The summed E-state index contributed by atoms with van der Waals surface area (Å²) in [5.41, 5.74) is 9.73. The van der Waals surface area contributed by atoms with E-state index in [1.54, 1.807) is 17.4 Å². The number of nitrogens with zero attached hydrogens (tertiary/aromatic N) is 1. The Labute approximate surface area is 150 Å². The highest BCUT2D eigenvalue weighted by Crippen LogP contribution is 2.40. The lowest BCUT2D eigenvalue weighted by atomic mass is 9.84. The molecule has 0 saturated heterocycles. The number of aromatic hydroxyl groups is 1. The molecule has 0 amide bonds. The van der Waals surface area contributed by atoms with E-state index in [-0.39, 0.29) is 11.2 Å². The molecule has 2 heterocycles. The number of benzene rings is 2. The molecular weight excluding hydrogens is 328 g/mol. The van der Waals surface area contributed by atoms with Gasteiger partial charge in [0, 0.05) is 34.5 Å². The number of hydrogen-bond acceptors (Lipinski definition) is 4. The number of phenolic OH excluding ortho intramolecular Hbond substituents is 1. The van der Waals surface area contributed by atoms with Gasteiger partial charge in [-0.1, -0.05) is 38.1 Å². The summed E-state index contributed by atoms with van der Waals surface area (Å²) < 4.78 is 1.13. The van der Waals surface area contributed by atoms with Crippen LogP contribution in [0.4, 0.5) is 0 Å². The van der Waals surface area contributed by atoms with Crippen LogP contribution in [0.15, 0.2) is 54.0 Å². The number of thiophene rings is 1. The molecule has 2 aromatic heterocycles. The lowest BCUT2D eigenvalue weighted by molar-refractivity contribution is 0.478. The predicted octanol–water partition coefficient (Wildman–Crippen LogP) is 5.06. The largest absolute Gasteiger partial charge is 0.507 e. The van der Waals surface area contributed by atoms with Crippen LogP contribution in [-0.2, 0) is 5.41 Å². The Morgan fingerprint density at radius 1 is 1.08 bits per heavy atom. The molecule has 0 unspecified atom stereocenters. The summed E-state index contributed by atoms with van der Waals surface area (Å²) in [6.45, 7) is 4.86. The summed E-state index contributed by atoms with van der Waals surface area (Å²) in [6, 6.07) is 14.0. The number of fused-ring (bicyclic) bond motifs is 3. The molecule has 0 spiro atoms. The van der Waals surface area contributed by atoms with E-state index in [9.17, 15) is 5.11 Å². The van der Waals surface area contributed by atoms with Crippen LogP contribution in [0.1, 0.15) is 19.4 Å². The summed E-state index contributed by atoms with van der Waals surface area (Å²) in [7, 11) is 0. The second-order valence-corrected chi connectivity index (χ2v) is 7.92. The van der Waals surface area contributed by atoms with Crippen molar-refractivity contribution in [1.29, 1.82) is 0 Å². The smallest absolute Gasteiger partial charge is 0.124 e. The first-order valence-electron chi connectivity index (χ1n) is 8.30. The first-order valence-corrected chi connectivity index (χ1v) is 9.18. The van der Waals surface area contributed by atoms with E-state index in [4.69, 9.17) is 5.73 Å². The zero-order chi connectivity index (χ0) is 17.6. The molecule has 0 saturated carbocycles. The van der Waals surface area contributed by atoms with Gasteiger partial charge in [-0.3, -0.25) is 4.98 Å². The minimum Gasteiger partial charge on any atom is -0.507 e. The van der Waals surface area contributed by atoms with E-state index in [1.165, 1.54) is 5.56 Å². The molecule has 126 valence electrons. The van der Waals surface area contributed by atoms with Crippen LogP contribution in [-0.4, -0.2) is 16.6 Å². The average Bonchev–Trinajstić information content (AvgIpc) is 3.11. The van der Waals surface area contributed by atoms with Gasteiger partial charge in [0.15, 0.2) is 0 Å². The van der Waals surface area contributed by atoms with Crippen LogP contribution < -0.4 is 5.73 Å². The minimum absolute atomic E-state index is 0.0679. The monoisotopic (exact) mass is 348 g/mol. The van der Waals surface area contributed by atoms with Crippen molar-refractivity contribution in [1.82, 2.24) is 4.98 Å². The number of pyridine rings is 1. The third-order valence-electron chi connectivity index (χ3n) is 4.91. The molecule has 0 fully saturated rings. The molecule has 0 bridgehead atoms. The SMILES string of the molecule is CC(C)(CN)c1ccc(-c2c(O)ccc3ncc4sccc4c23)cc1. The van der Waals surface area contributed by atoms with Gasteiger partial charge in [-0.15, -0.1) is 11.3 Å². The van der Waals surface area contributed by atoms with E-state index in [0.29, 0.717) is 6.54 Å². The first-order chi connectivity index (χ1) is 12.0. The molecule has 0 atom stereocenters. The summed E-state index contributed by atoms with van der Waals surface area (Å²) in [6.07, 6.45) is 1.90. The van der Waals surface area contributed by atoms with Gasteiger partial charge >= 0.3 is 0 Å². The molecule has 0 aliphatic heterocycles. The molecule has 3 N–H and O–H groups in total. The zero-order valence-corrected chi connectivity index (χ0v) is 15.1. The number of aromatic nitrogens is 1. The van der Waals surface area contributed by atoms with E-state index >= 15 is 0 Å². The standard InChI is InChI=1S/C21H20N2OS/c1-21(2,12-22)14-5-3-13(4-6-14)19-17(24)8-7-16-20(19)15-9-10-25-18(15)11-23-16/h3-11,24H,12,22H2,1-2H3. The minimum atomic E-state index is -0.0679. The molecular formula is C21H20N2OS. The number of hydrogen-bond donors (Lipinski definition) is 2. The molecule has 0 aliphatic carbocycles. The number of phenols is 1. The molecule has 4 heteroatoms. The van der Waals surface area contributed by atoms with E-state index < -0.39 is 0 Å². The fourth-order valence-electron chi connectivity index (χ4n) is 3.21. The van der Waals surface area contributed by atoms with Crippen molar-refractivity contribution < 1.29 is 5.11 Å². The summed E-state index contributed by atoms with van der Waals surface area (Å²) >= 11 is 1.66. The molecule has 2 aromatic carbocycles. The molecule has 3 nitrogen and oxygen atoms in total. The Bertz CT molecular complexity index is 1060. The van der Waals surface area contributed by atoms with Crippen LogP contribution in [0.25, 0.3) is 32.1 Å². The molecule has 25 heavy (non-hydrogen) atoms. The second kappa shape index (κ2) is 5.83. The van der Waals surface area contributed by atoms with Crippen molar-refractivity contribution in [2.45, 2.75) is 19.3 Å². The quantitative estimate of drug-likeness (QED) is 0.544. The van der Waals surface area contributed by atoms with Gasteiger partial charge in [-0.25, -0.2) is 0 Å². The maximum atomic E-state index is 10.6.